The van der Waals surface area contributed by atoms with E-state index in [9.17, 15) is 4.79 Å². The lowest BCUT2D eigenvalue weighted by atomic mass is 10.0. The van der Waals surface area contributed by atoms with Crippen LogP contribution in [0.4, 0.5) is 4.79 Å². The fourth-order valence-electron chi connectivity index (χ4n) is 2.78. The highest BCUT2D eigenvalue weighted by Crippen LogP contribution is 2.20. The molecule has 2 saturated heterocycles. The highest BCUT2D eigenvalue weighted by atomic mass is 35.5. The van der Waals surface area contributed by atoms with E-state index in [0.717, 1.165) is 25.9 Å². The number of urea groups is 1. The van der Waals surface area contributed by atoms with Crippen LogP contribution in [-0.2, 0) is 0 Å². The summed E-state index contributed by atoms with van der Waals surface area (Å²) in [6.07, 6.45) is 6.23. The molecule has 16 heavy (non-hydrogen) atoms. The summed E-state index contributed by atoms with van der Waals surface area (Å²) in [5, 5.41) is 0. The van der Waals surface area contributed by atoms with E-state index in [4.69, 9.17) is 11.8 Å². The highest BCUT2D eigenvalue weighted by molar-refractivity contribution is 6.21. The van der Waals surface area contributed by atoms with Crippen molar-refractivity contribution in [2.75, 3.05) is 26.2 Å². The van der Waals surface area contributed by atoms with E-state index in [1.807, 2.05) is 0 Å². The van der Waals surface area contributed by atoms with Crippen molar-refractivity contribution in [1.29, 1.82) is 0 Å². The number of nitrogens with zero attached hydrogens (tertiary/aromatic N) is 2. The number of halogens is 1. The lowest BCUT2D eigenvalue weighted by molar-refractivity contribution is 0.103. The van der Waals surface area contributed by atoms with E-state index < -0.39 is 0 Å². The van der Waals surface area contributed by atoms with Gasteiger partial charge in [-0.2, -0.15) is 0 Å². The smallest absolute Gasteiger partial charge is 0.324 e. The molecular weight excluding hydrogens is 226 g/mol. The van der Waals surface area contributed by atoms with Gasteiger partial charge in [0.2, 0.25) is 0 Å². The number of hydrogen-bond acceptors (Lipinski definition) is 2. The first-order valence-corrected chi connectivity index (χ1v) is 6.58. The predicted molar refractivity (Wildman–Crippen MR) is 64.4 cm³/mol. The summed E-state index contributed by atoms with van der Waals surface area (Å²) >= 11 is 5.32. The van der Waals surface area contributed by atoms with Crippen LogP contribution >= 0.6 is 11.8 Å². The van der Waals surface area contributed by atoms with Crippen LogP contribution in [0, 0.1) is 0 Å². The maximum absolute atomic E-state index is 11.3. The Bertz CT molecular complexity index is 235. The van der Waals surface area contributed by atoms with Crippen LogP contribution in [0.5, 0.6) is 0 Å². The van der Waals surface area contributed by atoms with Crippen molar-refractivity contribution >= 4 is 17.8 Å². The molecular formula is C11H20ClN3O. The zero-order chi connectivity index (χ0) is 11.4. The average Bonchev–Trinajstić information content (AvgIpc) is 2.39. The maximum atomic E-state index is 11.3. The molecule has 2 amide bonds. The van der Waals surface area contributed by atoms with Crippen molar-refractivity contribution in [1.82, 2.24) is 14.6 Å². The molecule has 0 aromatic rings. The summed E-state index contributed by atoms with van der Waals surface area (Å²) in [5.74, 6) is 0. The number of hydrogen-bond donors (Lipinski definition) is 1. The van der Waals surface area contributed by atoms with Crippen LogP contribution in [0.3, 0.4) is 0 Å². The van der Waals surface area contributed by atoms with Gasteiger partial charge in [0.1, 0.15) is 0 Å². The van der Waals surface area contributed by atoms with Crippen LogP contribution in [0.15, 0.2) is 0 Å². The van der Waals surface area contributed by atoms with Gasteiger partial charge in [-0.3, -0.25) is 0 Å². The number of likely N-dealkylation sites (tertiary alicyclic amines) is 2. The Labute approximate surface area is 102 Å². The molecule has 0 atom stereocenters. The van der Waals surface area contributed by atoms with Crippen molar-refractivity contribution in [3.8, 4) is 0 Å². The third-order valence-electron chi connectivity index (χ3n) is 3.74. The molecule has 2 heterocycles. The van der Waals surface area contributed by atoms with Crippen molar-refractivity contribution in [3.63, 3.8) is 0 Å². The van der Waals surface area contributed by atoms with Crippen LogP contribution in [0.25, 0.3) is 0 Å². The van der Waals surface area contributed by atoms with Gasteiger partial charge >= 0.3 is 6.03 Å². The first-order chi connectivity index (χ1) is 7.81. The Morgan fingerprint density at radius 3 is 2.25 bits per heavy atom. The molecule has 0 bridgehead atoms. The Balaban J connectivity index is 1.78. The molecule has 0 aromatic heterocycles. The third kappa shape index (κ3) is 2.80. The number of amides is 2. The van der Waals surface area contributed by atoms with Crippen LogP contribution in [0.1, 0.15) is 32.1 Å². The SMILES string of the molecule is O=C(NCl)N1CCC(N2CCCCC2)CC1. The van der Waals surface area contributed by atoms with Gasteiger partial charge in [0, 0.05) is 30.9 Å². The number of piperidine rings is 2. The number of nitrogens with one attached hydrogen (secondary N) is 1. The van der Waals surface area contributed by atoms with E-state index >= 15 is 0 Å². The Morgan fingerprint density at radius 2 is 1.69 bits per heavy atom. The average molecular weight is 246 g/mol. The summed E-state index contributed by atoms with van der Waals surface area (Å²) in [5.41, 5.74) is 0. The molecule has 2 aliphatic heterocycles. The van der Waals surface area contributed by atoms with Crippen LogP contribution in [-0.4, -0.2) is 48.1 Å². The molecule has 0 aromatic carbocycles. The van der Waals surface area contributed by atoms with Crippen molar-refractivity contribution in [2.24, 2.45) is 0 Å². The molecule has 2 aliphatic rings. The number of carbonyl (C=O) groups excluding carboxylic acids is 1. The molecule has 5 heteroatoms. The molecule has 0 aliphatic carbocycles. The number of carbonyl (C=O) groups is 1. The summed E-state index contributed by atoms with van der Waals surface area (Å²) in [7, 11) is 0. The van der Waals surface area contributed by atoms with Crippen molar-refractivity contribution < 1.29 is 4.79 Å². The topological polar surface area (TPSA) is 35.6 Å². The van der Waals surface area contributed by atoms with Gasteiger partial charge in [-0.15, -0.1) is 0 Å². The van der Waals surface area contributed by atoms with Gasteiger partial charge in [-0.1, -0.05) is 6.42 Å². The van der Waals surface area contributed by atoms with E-state index in [1.165, 1.54) is 32.4 Å². The van der Waals surface area contributed by atoms with Crippen molar-refractivity contribution in [3.05, 3.63) is 0 Å². The van der Waals surface area contributed by atoms with Crippen LogP contribution < -0.4 is 4.84 Å². The quantitative estimate of drug-likeness (QED) is 0.715. The fraction of sp³-hybridized carbons (Fsp3) is 0.909. The summed E-state index contributed by atoms with van der Waals surface area (Å²) in [6.45, 7) is 4.15. The molecule has 0 radical (unpaired) electrons. The first-order valence-electron chi connectivity index (χ1n) is 6.21. The van der Waals surface area contributed by atoms with E-state index in [0.29, 0.717) is 6.04 Å². The lowest BCUT2D eigenvalue weighted by Crippen LogP contribution is -2.49. The Morgan fingerprint density at radius 1 is 1.06 bits per heavy atom. The first kappa shape index (κ1) is 12.0. The molecule has 0 unspecified atom stereocenters. The lowest BCUT2D eigenvalue weighted by Gasteiger charge is -2.39. The van der Waals surface area contributed by atoms with Crippen molar-refractivity contribution in [2.45, 2.75) is 38.1 Å². The second-order valence-electron chi connectivity index (χ2n) is 4.71. The standard InChI is InChI=1S/C11H20ClN3O/c12-13-11(16)15-8-4-10(5-9-15)14-6-2-1-3-7-14/h10H,1-9H2,(H,13,16). The minimum Gasteiger partial charge on any atom is -0.324 e. The largest absolute Gasteiger partial charge is 0.331 e. The van der Waals surface area contributed by atoms with E-state index in [1.54, 1.807) is 4.90 Å². The molecule has 2 rings (SSSR count). The fourth-order valence-corrected chi connectivity index (χ4v) is 2.90. The van der Waals surface area contributed by atoms with E-state index in [2.05, 4.69) is 9.74 Å². The zero-order valence-electron chi connectivity index (χ0n) is 9.62. The van der Waals surface area contributed by atoms with Crippen LogP contribution in [0.2, 0.25) is 0 Å². The summed E-state index contributed by atoms with van der Waals surface area (Å²) in [4.78, 5) is 17.9. The molecule has 2 fully saturated rings. The Kier molecular flexibility index (Phi) is 4.29. The zero-order valence-corrected chi connectivity index (χ0v) is 10.4. The molecule has 1 N–H and O–H groups in total. The minimum atomic E-state index is -0.154. The van der Waals surface area contributed by atoms with Gasteiger partial charge in [0.25, 0.3) is 0 Å². The van der Waals surface area contributed by atoms with Gasteiger partial charge in [0.05, 0.1) is 0 Å². The Hall–Kier alpha value is -0.480. The number of rotatable bonds is 1. The third-order valence-corrected chi connectivity index (χ3v) is 3.90. The van der Waals surface area contributed by atoms with Gasteiger partial charge < -0.3 is 9.80 Å². The molecule has 0 spiro atoms. The second kappa shape index (κ2) is 5.73. The molecule has 4 nitrogen and oxygen atoms in total. The summed E-state index contributed by atoms with van der Waals surface area (Å²) in [6, 6.07) is 0.526. The maximum Gasteiger partial charge on any atom is 0.331 e. The minimum absolute atomic E-state index is 0.154. The molecule has 0 saturated carbocycles. The highest BCUT2D eigenvalue weighted by Gasteiger charge is 2.27. The molecule has 92 valence electrons. The van der Waals surface area contributed by atoms with Gasteiger partial charge in [0.15, 0.2) is 0 Å². The van der Waals surface area contributed by atoms with Gasteiger partial charge in [-0.25, -0.2) is 9.63 Å². The van der Waals surface area contributed by atoms with Gasteiger partial charge in [-0.05, 0) is 38.8 Å². The summed E-state index contributed by atoms with van der Waals surface area (Å²) < 4.78 is 0. The normalized spacial score (nSPS) is 24.4. The predicted octanol–water partition coefficient (Wildman–Crippen LogP) is 1.80. The second-order valence-corrected chi connectivity index (χ2v) is 4.90. The van der Waals surface area contributed by atoms with E-state index in [-0.39, 0.29) is 6.03 Å². The monoisotopic (exact) mass is 245 g/mol.